The Morgan fingerprint density at radius 1 is 1.48 bits per heavy atom. The zero-order valence-corrected chi connectivity index (χ0v) is 13.6. The number of carbonyl (C=O) groups is 2. The van der Waals surface area contributed by atoms with Gasteiger partial charge in [-0.2, -0.15) is 0 Å². The highest BCUT2D eigenvalue weighted by molar-refractivity contribution is 5.79. The number of nitrogens with zero attached hydrogens (tertiary/aromatic N) is 4. The number of alkyl carbamates (subject to hydrolysis) is 1. The van der Waals surface area contributed by atoms with Crippen LogP contribution in [0.15, 0.2) is 6.20 Å². The van der Waals surface area contributed by atoms with E-state index >= 15 is 0 Å². The van der Waals surface area contributed by atoms with Crippen LogP contribution in [-0.2, 0) is 22.6 Å². The minimum Gasteiger partial charge on any atom is -0.447 e. The van der Waals surface area contributed by atoms with Gasteiger partial charge in [-0.15, -0.1) is 5.10 Å². The van der Waals surface area contributed by atoms with Crippen LogP contribution in [0.1, 0.15) is 38.8 Å². The predicted octanol–water partition coefficient (Wildman–Crippen LogP) is 0.924. The number of nitrogens with one attached hydrogen (secondary N) is 1. The Bertz CT molecular complexity index is 585. The van der Waals surface area contributed by atoms with E-state index in [-0.39, 0.29) is 24.6 Å². The molecule has 1 N–H and O–H groups in total. The van der Waals surface area contributed by atoms with Gasteiger partial charge in [-0.05, 0) is 32.6 Å². The monoisotopic (exact) mass is 321 g/mol. The Labute approximate surface area is 135 Å². The van der Waals surface area contributed by atoms with Crippen LogP contribution in [-0.4, -0.2) is 50.6 Å². The lowest BCUT2D eigenvalue weighted by Gasteiger charge is -2.32. The summed E-state index contributed by atoms with van der Waals surface area (Å²) in [5.74, 6) is 0.803. The fourth-order valence-electron chi connectivity index (χ4n) is 3.27. The van der Waals surface area contributed by atoms with Gasteiger partial charge in [0.15, 0.2) is 0 Å². The number of aromatic nitrogens is 3. The summed E-state index contributed by atoms with van der Waals surface area (Å²) in [6.45, 7) is 5.41. The molecule has 0 spiro atoms. The number of ether oxygens (including phenoxy) is 1. The zero-order valence-electron chi connectivity index (χ0n) is 13.6. The third-order valence-electron chi connectivity index (χ3n) is 4.33. The summed E-state index contributed by atoms with van der Waals surface area (Å²) in [5.41, 5.74) is 0.673. The molecule has 126 valence electrons. The van der Waals surface area contributed by atoms with Crippen molar-refractivity contribution in [3.05, 3.63) is 11.9 Å². The third-order valence-corrected chi connectivity index (χ3v) is 4.33. The second kappa shape index (κ2) is 6.55. The van der Waals surface area contributed by atoms with Crippen molar-refractivity contribution in [2.24, 2.45) is 5.92 Å². The van der Waals surface area contributed by atoms with Crippen molar-refractivity contribution in [1.82, 2.24) is 25.2 Å². The first-order valence-electron chi connectivity index (χ1n) is 8.14. The molecule has 0 saturated carbocycles. The Morgan fingerprint density at radius 2 is 2.30 bits per heavy atom. The fraction of sp³-hybridized carbons (Fsp3) is 0.733. The average Bonchev–Trinajstić information content (AvgIpc) is 3.04. The Hall–Kier alpha value is -2.12. The van der Waals surface area contributed by atoms with E-state index in [0.717, 1.165) is 19.4 Å². The molecule has 0 unspecified atom stereocenters. The van der Waals surface area contributed by atoms with Gasteiger partial charge in [0.1, 0.15) is 5.69 Å². The Morgan fingerprint density at radius 3 is 3.09 bits per heavy atom. The third kappa shape index (κ3) is 3.80. The standard InChI is InChI=1S/C15H23N5O3/c1-10(2)23-15(22)16-6-12-8-19(18-17-12)9-13-4-3-11-5-14(21)20(13)7-11/h8,10-11,13H,3-7,9H2,1-2H3,(H,16,22)/t11-,13-/m0/s1. The van der Waals surface area contributed by atoms with Crippen LogP contribution in [0.25, 0.3) is 0 Å². The highest BCUT2D eigenvalue weighted by Crippen LogP contribution is 2.32. The number of hydrogen-bond acceptors (Lipinski definition) is 5. The SMILES string of the molecule is CC(C)OC(=O)NCc1cn(C[C@@H]2CC[C@H]3CC(=O)N2C3)nn1. The van der Waals surface area contributed by atoms with Gasteiger partial charge in [0, 0.05) is 13.0 Å². The molecule has 1 aromatic rings. The summed E-state index contributed by atoms with van der Waals surface area (Å²) in [6, 6.07) is 0.203. The molecular formula is C15H23N5O3. The molecule has 2 bridgehead atoms. The molecule has 8 heteroatoms. The van der Waals surface area contributed by atoms with Crippen molar-refractivity contribution in [1.29, 1.82) is 0 Å². The van der Waals surface area contributed by atoms with Crippen molar-refractivity contribution in [2.45, 2.75) is 58.3 Å². The molecule has 3 heterocycles. The number of hydrogen-bond donors (Lipinski definition) is 1. The van der Waals surface area contributed by atoms with E-state index < -0.39 is 6.09 Å². The average molecular weight is 321 g/mol. The lowest BCUT2D eigenvalue weighted by Crippen LogP contribution is -2.42. The molecular weight excluding hydrogens is 298 g/mol. The maximum atomic E-state index is 11.9. The maximum Gasteiger partial charge on any atom is 0.407 e. The first-order valence-corrected chi connectivity index (χ1v) is 8.14. The lowest BCUT2D eigenvalue weighted by molar-refractivity contribution is -0.129. The Kier molecular flexibility index (Phi) is 4.49. The molecule has 1 aromatic heterocycles. The van der Waals surface area contributed by atoms with Crippen molar-refractivity contribution in [3.63, 3.8) is 0 Å². The molecule has 23 heavy (non-hydrogen) atoms. The summed E-state index contributed by atoms with van der Waals surface area (Å²) >= 11 is 0. The molecule has 0 radical (unpaired) electrons. The van der Waals surface area contributed by atoms with E-state index in [2.05, 4.69) is 15.6 Å². The number of carbonyl (C=O) groups excluding carboxylic acids is 2. The molecule has 8 nitrogen and oxygen atoms in total. The van der Waals surface area contributed by atoms with Crippen LogP contribution in [0.5, 0.6) is 0 Å². The zero-order chi connectivity index (χ0) is 16.4. The van der Waals surface area contributed by atoms with Crippen LogP contribution in [0.4, 0.5) is 4.79 Å². The lowest BCUT2D eigenvalue weighted by atomic mass is 9.96. The fourth-order valence-corrected chi connectivity index (χ4v) is 3.27. The van der Waals surface area contributed by atoms with Gasteiger partial charge in [0.2, 0.25) is 5.91 Å². The molecule has 2 aliphatic rings. The first kappa shape index (κ1) is 15.8. The van der Waals surface area contributed by atoms with Gasteiger partial charge < -0.3 is 15.0 Å². The van der Waals surface area contributed by atoms with Crippen molar-refractivity contribution in [3.8, 4) is 0 Å². The van der Waals surface area contributed by atoms with E-state index in [4.69, 9.17) is 4.74 Å². The van der Waals surface area contributed by atoms with Crippen LogP contribution in [0.2, 0.25) is 0 Å². The molecule has 2 atom stereocenters. The van der Waals surface area contributed by atoms with E-state index in [1.54, 1.807) is 18.5 Å². The molecule has 2 aliphatic heterocycles. The summed E-state index contributed by atoms with van der Waals surface area (Å²) in [7, 11) is 0. The molecule has 2 amide bonds. The number of piperidine rings is 1. The quantitative estimate of drug-likeness (QED) is 0.871. The van der Waals surface area contributed by atoms with E-state index in [1.165, 1.54) is 0 Å². The van der Waals surface area contributed by atoms with Crippen LogP contribution in [0.3, 0.4) is 0 Å². The van der Waals surface area contributed by atoms with E-state index in [9.17, 15) is 9.59 Å². The van der Waals surface area contributed by atoms with Crippen molar-refractivity contribution >= 4 is 12.0 Å². The number of rotatable bonds is 5. The maximum absolute atomic E-state index is 11.9. The smallest absolute Gasteiger partial charge is 0.407 e. The van der Waals surface area contributed by atoms with Gasteiger partial charge in [-0.3, -0.25) is 9.48 Å². The minimum atomic E-state index is -0.462. The van der Waals surface area contributed by atoms with Gasteiger partial charge in [0.05, 0.1) is 31.4 Å². The molecule has 3 rings (SSSR count). The summed E-state index contributed by atoms with van der Waals surface area (Å²) in [4.78, 5) is 25.4. The summed E-state index contributed by atoms with van der Waals surface area (Å²) < 4.78 is 6.75. The highest BCUT2D eigenvalue weighted by atomic mass is 16.6. The predicted molar refractivity (Wildman–Crippen MR) is 81.3 cm³/mol. The van der Waals surface area contributed by atoms with Gasteiger partial charge in [0.25, 0.3) is 0 Å². The van der Waals surface area contributed by atoms with Gasteiger partial charge in [-0.1, -0.05) is 5.21 Å². The van der Waals surface area contributed by atoms with Gasteiger partial charge >= 0.3 is 6.09 Å². The number of fused-ring (bicyclic) bond motifs is 2. The van der Waals surface area contributed by atoms with Crippen LogP contribution >= 0.6 is 0 Å². The molecule has 0 aliphatic carbocycles. The van der Waals surface area contributed by atoms with E-state index in [0.29, 0.717) is 24.6 Å². The molecule has 0 aromatic carbocycles. The van der Waals surface area contributed by atoms with Crippen LogP contribution in [0, 0.1) is 5.92 Å². The van der Waals surface area contributed by atoms with E-state index in [1.807, 2.05) is 11.1 Å². The normalized spacial score (nSPS) is 23.4. The second-order valence-electron chi connectivity index (χ2n) is 6.59. The number of amides is 2. The topological polar surface area (TPSA) is 89.4 Å². The molecule has 2 saturated heterocycles. The second-order valence-corrected chi connectivity index (χ2v) is 6.59. The highest BCUT2D eigenvalue weighted by Gasteiger charge is 2.38. The molecule has 2 fully saturated rings. The summed E-state index contributed by atoms with van der Waals surface area (Å²) in [6.07, 6.45) is 4.01. The van der Waals surface area contributed by atoms with Crippen molar-refractivity contribution in [2.75, 3.05) is 6.54 Å². The summed E-state index contributed by atoms with van der Waals surface area (Å²) in [5, 5.41) is 10.8. The Balaban J connectivity index is 1.51. The van der Waals surface area contributed by atoms with Gasteiger partial charge in [-0.25, -0.2) is 4.79 Å². The first-order chi connectivity index (χ1) is 11.0. The van der Waals surface area contributed by atoms with Crippen molar-refractivity contribution < 1.29 is 14.3 Å². The minimum absolute atomic E-state index is 0.154. The largest absolute Gasteiger partial charge is 0.447 e. The van der Waals surface area contributed by atoms with Crippen LogP contribution < -0.4 is 5.32 Å².